The fraction of sp³-hybridized carbons (Fsp3) is 0.292. The lowest BCUT2D eigenvalue weighted by atomic mass is 10.0. The molecule has 3 aromatic heterocycles. The van der Waals surface area contributed by atoms with Gasteiger partial charge < -0.3 is 20.8 Å². The quantitative estimate of drug-likeness (QED) is 0.474. The molecule has 1 fully saturated rings. The van der Waals surface area contributed by atoms with E-state index in [0.29, 0.717) is 17.2 Å². The van der Waals surface area contributed by atoms with Crippen LogP contribution in [0.15, 0.2) is 47.3 Å². The van der Waals surface area contributed by atoms with Crippen LogP contribution in [0.3, 0.4) is 0 Å². The van der Waals surface area contributed by atoms with E-state index >= 15 is 0 Å². The summed E-state index contributed by atoms with van der Waals surface area (Å²) in [6, 6.07) is 8.09. The molecule has 0 spiro atoms. The van der Waals surface area contributed by atoms with E-state index in [-0.39, 0.29) is 11.9 Å². The molecule has 1 saturated heterocycles. The van der Waals surface area contributed by atoms with Gasteiger partial charge >= 0.3 is 0 Å². The highest BCUT2D eigenvalue weighted by atomic mass is 16.3. The minimum absolute atomic E-state index is 0.131. The number of anilines is 2. The average molecular weight is 431 g/mol. The zero-order chi connectivity index (χ0) is 22.4. The third-order valence-corrected chi connectivity index (χ3v) is 6.34. The minimum atomic E-state index is 0.131. The molecule has 0 saturated carbocycles. The number of benzene rings is 1. The molecule has 4 heterocycles. The molecule has 1 aliphatic heterocycles. The summed E-state index contributed by atoms with van der Waals surface area (Å²) >= 11 is 0. The number of hydrogen-bond donors (Lipinski definition) is 2. The lowest BCUT2D eigenvalue weighted by molar-refractivity contribution is -0.130. The number of fused-ring (bicyclic) bond motifs is 1. The van der Waals surface area contributed by atoms with Gasteiger partial charge in [-0.15, -0.1) is 0 Å². The molecular weight excluding hydrogens is 404 g/mol. The van der Waals surface area contributed by atoms with Crippen LogP contribution in [0, 0.1) is 6.92 Å². The summed E-state index contributed by atoms with van der Waals surface area (Å²) < 4.78 is 8.11. The van der Waals surface area contributed by atoms with Crippen LogP contribution < -0.4 is 11.5 Å². The molecule has 0 atom stereocenters. The number of rotatable bonds is 3. The maximum atomic E-state index is 11.6. The van der Waals surface area contributed by atoms with E-state index in [2.05, 4.69) is 10.1 Å². The first-order valence-corrected chi connectivity index (χ1v) is 10.8. The Kier molecular flexibility index (Phi) is 4.84. The van der Waals surface area contributed by atoms with Gasteiger partial charge in [-0.2, -0.15) is 5.10 Å². The van der Waals surface area contributed by atoms with Gasteiger partial charge in [0, 0.05) is 60.2 Å². The molecule has 1 aliphatic rings. The van der Waals surface area contributed by atoms with Crippen LogP contribution in [-0.2, 0) is 4.79 Å². The number of likely N-dealkylation sites (tertiary alicyclic amines) is 1. The molecule has 0 radical (unpaired) electrons. The van der Waals surface area contributed by atoms with E-state index in [1.54, 1.807) is 13.1 Å². The van der Waals surface area contributed by atoms with Crippen LogP contribution in [-0.4, -0.2) is 38.7 Å². The molecular formula is C24H26N6O2. The van der Waals surface area contributed by atoms with Crippen LogP contribution in [0.1, 0.15) is 31.4 Å². The molecule has 5 rings (SSSR count). The number of aromatic nitrogens is 3. The van der Waals surface area contributed by atoms with Crippen LogP contribution in [0.2, 0.25) is 0 Å². The number of nitrogen functional groups attached to an aromatic ring is 2. The third-order valence-electron chi connectivity index (χ3n) is 6.34. The van der Waals surface area contributed by atoms with Gasteiger partial charge in [-0.25, -0.2) is 4.98 Å². The largest absolute Gasteiger partial charge is 0.452 e. The van der Waals surface area contributed by atoms with Gasteiger partial charge in [0.25, 0.3) is 0 Å². The van der Waals surface area contributed by atoms with Crippen molar-refractivity contribution in [3.63, 3.8) is 0 Å². The van der Waals surface area contributed by atoms with Crippen molar-refractivity contribution in [1.29, 1.82) is 0 Å². The van der Waals surface area contributed by atoms with Crippen LogP contribution >= 0.6 is 0 Å². The van der Waals surface area contributed by atoms with E-state index < -0.39 is 0 Å². The van der Waals surface area contributed by atoms with Crippen molar-refractivity contribution in [1.82, 2.24) is 19.7 Å². The van der Waals surface area contributed by atoms with Crippen molar-refractivity contribution in [2.24, 2.45) is 0 Å². The highest BCUT2D eigenvalue weighted by Gasteiger charge is 2.23. The normalized spacial score (nSPS) is 14.9. The smallest absolute Gasteiger partial charge is 0.219 e. The number of nitrogens with two attached hydrogens (primary N) is 2. The summed E-state index contributed by atoms with van der Waals surface area (Å²) in [6.45, 7) is 5.11. The van der Waals surface area contributed by atoms with Crippen molar-refractivity contribution in [3.8, 4) is 22.5 Å². The first kappa shape index (κ1) is 20.1. The van der Waals surface area contributed by atoms with E-state index in [1.807, 2.05) is 53.2 Å². The number of amides is 1. The van der Waals surface area contributed by atoms with Crippen LogP contribution in [0.5, 0.6) is 0 Å². The highest BCUT2D eigenvalue weighted by Crippen LogP contribution is 2.37. The number of carbonyl (C=O) groups is 1. The molecule has 8 heteroatoms. The van der Waals surface area contributed by atoms with Gasteiger partial charge in [0.2, 0.25) is 5.91 Å². The molecule has 4 N–H and O–H groups in total. The zero-order valence-electron chi connectivity index (χ0n) is 18.2. The predicted molar refractivity (Wildman–Crippen MR) is 125 cm³/mol. The SMILES string of the molecule is CC(=O)N1CCC(n2cc(-c3cnc(N)c4oc(-c5ccc(N)c(C)c5)cc34)cn2)CC1. The summed E-state index contributed by atoms with van der Waals surface area (Å²) in [7, 11) is 0. The molecule has 164 valence electrons. The summed E-state index contributed by atoms with van der Waals surface area (Å²) in [6.07, 6.45) is 7.45. The number of carbonyl (C=O) groups excluding carboxylic acids is 1. The second-order valence-electron chi connectivity index (χ2n) is 8.43. The summed E-state index contributed by atoms with van der Waals surface area (Å²) in [5.74, 6) is 1.20. The third kappa shape index (κ3) is 3.47. The summed E-state index contributed by atoms with van der Waals surface area (Å²) in [5.41, 5.74) is 17.2. The topological polar surface area (TPSA) is 116 Å². The van der Waals surface area contributed by atoms with Crippen molar-refractivity contribution in [3.05, 3.63) is 48.4 Å². The Morgan fingerprint density at radius 2 is 1.91 bits per heavy atom. The van der Waals surface area contributed by atoms with Crippen molar-refractivity contribution in [2.75, 3.05) is 24.6 Å². The van der Waals surface area contributed by atoms with Crippen molar-refractivity contribution in [2.45, 2.75) is 32.7 Å². The lowest BCUT2D eigenvalue weighted by Gasteiger charge is -2.31. The molecule has 32 heavy (non-hydrogen) atoms. The Balaban J connectivity index is 1.49. The standard InChI is InChI=1S/C24H26N6O2/c1-14-9-16(3-4-21(14)25)22-10-19-20(12-27-24(26)23(19)32-22)17-11-28-30(13-17)18-5-7-29(8-6-18)15(2)31/h3-4,9-13,18H,5-8,25H2,1-2H3,(H2,26,27). The van der Waals surface area contributed by atoms with Gasteiger partial charge in [0.1, 0.15) is 5.76 Å². The van der Waals surface area contributed by atoms with E-state index in [4.69, 9.17) is 15.9 Å². The Labute approximate surface area is 185 Å². The molecule has 0 bridgehead atoms. The Hall–Kier alpha value is -3.81. The van der Waals surface area contributed by atoms with Gasteiger partial charge in [0.05, 0.1) is 12.2 Å². The van der Waals surface area contributed by atoms with Gasteiger partial charge in [-0.05, 0) is 49.6 Å². The molecule has 1 amide bonds. The van der Waals surface area contributed by atoms with Crippen LogP contribution in [0.25, 0.3) is 33.4 Å². The zero-order valence-corrected chi connectivity index (χ0v) is 18.2. The number of pyridine rings is 1. The molecule has 0 aliphatic carbocycles. The second kappa shape index (κ2) is 7.71. The Morgan fingerprint density at radius 3 is 2.62 bits per heavy atom. The summed E-state index contributed by atoms with van der Waals surface area (Å²) in [4.78, 5) is 17.8. The maximum Gasteiger partial charge on any atom is 0.219 e. The van der Waals surface area contributed by atoms with Gasteiger partial charge in [-0.1, -0.05) is 0 Å². The second-order valence-corrected chi connectivity index (χ2v) is 8.43. The highest BCUT2D eigenvalue weighted by molar-refractivity contribution is 6.00. The maximum absolute atomic E-state index is 11.6. The minimum Gasteiger partial charge on any atom is -0.452 e. The van der Waals surface area contributed by atoms with E-state index in [1.165, 1.54) is 0 Å². The van der Waals surface area contributed by atoms with E-state index in [9.17, 15) is 4.79 Å². The first-order chi connectivity index (χ1) is 15.4. The molecule has 8 nitrogen and oxygen atoms in total. The predicted octanol–water partition coefficient (Wildman–Crippen LogP) is 4.01. The lowest BCUT2D eigenvalue weighted by Crippen LogP contribution is -2.37. The average Bonchev–Trinajstić information content (AvgIpc) is 3.45. The number of aryl methyl sites for hydroxylation is 1. The summed E-state index contributed by atoms with van der Waals surface area (Å²) in [5, 5.41) is 5.51. The Morgan fingerprint density at radius 1 is 1.12 bits per heavy atom. The molecule has 4 aromatic rings. The van der Waals surface area contributed by atoms with Crippen molar-refractivity contribution < 1.29 is 9.21 Å². The monoisotopic (exact) mass is 430 g/mol. The molecule has 1 aromatic carbocycles. The number of furan rings is 1. The first-order valence-electron chi connectivity index (χ1n) is 10.8. The van der Waals surface area contributed by atoms with Gasteiger partial charge in [0.15, 0.2) is 11.4 Å². The van der Waals surface area contributed by atoms with Gasteiger partial charge in [-0.3, -0.25) is 9.48 Å². The fourth-order valence-corrected chi connectivity index (χ4v) is 4.37. The van der Waals surface area contributed by atoms with Crippen molar-refractivity contribution >= 4 is 28.4 Å². The number of piperidine rings is 1. The number of hydrogen-bond acceptors (Lipinski definition) is 6. The fourth-order valence-electron chi connectivity index (χ4n) is 4.37. The van der Waals surface area contributed by atoms with Crippen LogP contribution in [0.4, 0.5) is 11.5 Å². The van der Waals surface area contributed by atoms with E-state index in [0.717, 1.165) is 59.3 Å². The Bertz CT molecular complexity index is 1310. The molecule has 0 unspecified atom stereocenters. The number of nitrogens with zero attached hydrogens (tertiary/aromatic N) is 4.